The third-order valence-corrected chi connectivity index (χ3v) is 7.61. The van der Waals surface area contributed by atoms with Gasteiger partial charge in [0.2, 0.25) is 21.8 Å². The number of para-hydroxylation sites is 1. The Hall–Kier alpha value is -2.47. The summed E-state index contributed by atoms with van der Waals surface area (Å²) in [5.41, 5.74) is 5.41. The molecule has 0 saturated heterocycles. The summed E-state index contributed by atoms with van der Waals surface area (Å²) in [6.07, 6.45) is 1.59. The van der Waals surface area contributed by atoms with E-state index in [4.69, 9.17) is 0 Å². The van der Waals surface area contributed by atoms with Gasteiger partial charge in [0.25, 0.3) is 0 Å². The van der Waals surface area contributed by atoms with Gasteiger partial charge in [0.1, 0.15) is 4.21 Å². The summed E-state index contributed by atoms with van der Waals surface area (Å²) in [6.45, 7) is -0.0711. The second kappa shape index (κ2) is 9.83. The van der Waals surface area contributed by atoms with Crippen molar-refractivity contribution in [3.63, 3.8) is 0 Å². The molecule has 0 spiro atoms. The Labute approximate surface area is 176 Å². The lowest BCUT2D eigenvalue weighted by Gasteiger charge is -2.09. The highest BCUT2D eigenvalue weighted by Gasteiger charge is 2.15. The number of thiophene rings is 1. The number of hydrogen-bond donors (Lipinski definition) is 3. The van der Waals surface area contributed by atoms with Gasteiger partial charge < -0.3 is 0 Å². The van der Waals surface area contributed by atoms with Crippen LogP contribution in [0.2, 0.25) is 0 Å². The van der Waals surface area contributed by atoms with Crippen molar-refractivity contribution in [3.8, 4) is 0 Å². The molecule has 0 unspecified atom stereocenters. The number of nitrogens with zero attached hydrogens (tertiary/aromatic N) is 1. The largest absolute Gasteiger partial charge is 0.273 e. The van der Waals surface area contributed by atoms with Gasteiger partial charge in [0.05, 0.1) is 11.3 Å². The molecule has 2 aromatic heterocycles. The Balaban J connectivity index is 1.39. The van der Waals surface area contributed by atoms with Crippen LogP contribution in [-0.4, -0.2) is 37.5 Å². The predicted molar refractivity (Wildman–Crippen MR) is 113 cm³/mol. The summed E-state index contributed by atoms with van der Waals surface area (Å²) in [5, 5.41) is 2.64. The molecule has 0 radical (unpaired) electrons. The third-order valence-electron chi connectivity index (χ3n) is 3.70. The van der Waals surface area contributed by atoms with Crippen molar-refractivity contribution < 1.29 is 18.0 Å². The van der Waals surface area contributed by atoms with Crippen LogP contribution in [0.3, 0.4) is 0 Å². The SMILES string of the molecule is O=C(CCNS(=O)(=O)c1cccs1)NNC(=O)CSc1cccc2cccnc12. The van der Waals surface area contributed by atoms with E-state index in [1.54, 1.807) is 17.6 Å². The number of thioether (sulfide) groups is 1. The first kappa shape index (κ1) is 21.2. The minimum absolute atomic E-state index is 0.0711. The summed E-state index contributed by atoms with van der Waals surface area (Å²) in [4.78, 5) is 29.0. The lowest BCUT2D eigenvalue weighted by Crippen LogP contribution is -2.43. The molecule has 2 amide bonds. The van der Waals surface area contributed by atoms with Gasteiger partial charge in [-0.25, -0.2) is 13.1 Å². The van der Waals surface area contributed by atoms with Crippen LogP contribution >= 0.6 is 23.1 Å². The first-order chi connectivity index (χ1) is 14.0. The molecule has 152 valence electrons. The van der Waals surface area contributed by atoms with E-state index in [1.807, 2.05) is 30.3 Å². The van der Waals surface area contributed by atoms with Crippen molar-refractivity contribution in [3.05, 3.63) is 54.0 Å². The van der Waals surface area contributed by atoms with Crippen LogP contribution in [0.25, 0.3) is 10.9 Å². The average Bonchev–Trinajstić information content (AvgIpc) is 3.26. The second-order valence-electron chi connectivity index (χ2n) is 5.80. The number of hydrazine groups is 1. The number of carbonyl (C=O) groups is 2. The normalized spacial score (nSPS) is 11.3. The molecule has 8 nitrogen and oxygen atoms in total. The molecule has 0 fully saturated rings. The molecule has 3 aromatic rings. The first-order valence-corrected chi connectivity index (χ1v) is 11.9. The molecule has 0 aliphatic heterocycles. The van der Waals surface area contributed by atoms with Crippen molar-refractivity contribution in [2.45, 2.75) is 15.5 Å². The zero-order valence-corrected chi connectivity index (χ0v) is 17.6. The number of amides is 2. The van der Waals surface area contributed by atoms with E-state index in [2.05, 4.69) is 20.6 Å². The van der Waals surface area contributed by atoms with E-state index in [9.17, 15) is 18.0 Å². The number of hydrogen-bond acceptors (Lipinski definition) is 7. The Morgan fingerprint density at radius 2 is 1.83 bits per heavy atom. The number of pyridine rings is 1. The van der Waals surface area contributed by atoms with E-state index < -0.39 is 15.9 Å². The number of benzene rings is 1. The minimum Gasteiger partial charge on any atom is -0.273 e. The highest BCUT2D eigenvalue weighted by atomic mass is 32.2. The summed E-state index contributed by atoms with van der Waals surface area (Å²) in [5.74, 6) is -0.777. The van der Waals surface area contributed by atoms with Crippen LogP contribution in [0.4, 0.5) is 0 Å². The van der Waals surface area contributed by atoms with Crippen LogP contribution < -0.4 is 15.6 Å². The number of carbonyl (C=O) groups excluding carboxylic acids is 2. The van der Waals surface area contributed by atoms with Gasteiger partial charge in [-0.05, 0) is 23.6 Å². The number of nitrogens with one attached hydrogen (secondary N) is 3. The number of aromatic nitrogens is 1. The van der Waals surface area contributed by atoms with Gasteiger partial charge in [-0.15, -0.1) is 23.1 Å². The summed E-state index contributed by atoms with van der Waals surface area (Å²) < 4.78 is 26.4. The quantitative estimate of drug-likeness (QED) is 0.356. The highest BCUT2D eigenvalue weighted by molar-refractivity contribution is 8.00. The van der Waals surface area contributed by atoms with E-state index >= 15 is 0 Å². The van der Waals surface area contributed by atoms with Crippen LogP contribution in [0, 0.1) is 0 Å². The highest BCUT2D eigenvalue weighted by Crippen LogP contribution is 2.25. The third kappa shape index (κ3) is 6.00. The zero-order valence-electron chi connectivity index (χ0n) is 15.1. The van der Waals surface area contributed by atoms with Gasteiger partial charge >= 0.3 is 0 Å². The maximum Gasteiger partial charge on any atom is 0.250 e. The number of sulfonamides is 1. The predicted octanol–water partition coefficient (Wildman–Crippen LogP) is 1.90. The van der Waals surface area contributed by atoms with E-state index in [0.29, 0.717) is 0 Å². The fourth-order valence-electron chi connectivity index (χ4n) is 2.36. The maximum absolute atomic E-state index is 12.0. The molecule has 11 heteroatoms. The maximum atomic E-state index is 12.0. The summed E-state index contributed by atoms with van der Waals surface area (Å²) >= 11 is 2.41. The molecule has 3 rings (SSSR count). The summed E-state index contributed by atoms with van der Waals surface area (Å²) in [7, 11) is -3.61. The molecular weight excluding hydrogens is 432 g/mol. The Bertz CT molecular complexity index is 1100. The first-order valence-electron chi connectivity index (χ1n) is 8.53. The van der Waals surface area contributed by atoms with E-state index in [-0.39, 0.29) is 28.8 Å². The Morgan fingerprint density at radius 1 is 1.03 bits per heavy atom. The van der Waals surface area contributed by atoms with Gasteiger partial charge in [-0.2, -0.15) is 0 Å². The van der Waals surface area contributed by atoms with Crippen molar-refractivity contribution >= 4 is 55.8 Å². The van der Waals surface area contributed by atoms with Crippen LogP contribution in [0.1, 0.15) is 6.42 Å². The van der Waals surface area contributed by atoms with E-state index in [0.717, 1.165) is 27.1 Å². The van der Waals surface area contributed by atoms with Gasteiger partial charge in [0, 0.05) is 29.4 Å². The molecule has 29 heavy (non-hydrogen) atoms. The molecular formula is C18H18N4O4S3. The van der Waals surface area contributed by atoms with Crippen molar-refractivity contribution in [1.82, 2.24) is 20.6 Å². The van der Waals surface area contributed by atoms with Gasteiger partial charge in [-0.1, -0.05) is 24.3 Å². The lowest BCUT2D eigenvalue weighted by molar-refractivity contribution is -0.127. The monoisotopic (exact) mass is 450 g/mol. The topological polar surface area (TPSA) is 117 Å². The zero-order chi connectivity index (χ0) is 20.7. The number of rotatable bonds is 8. The Kier molecular flexibility index (Phi) is 7.20. The van der Waals surface area contributed by atoms with Gasteiger partial charge in [-0.3, -0.25) is 25.4 Å². The smallest absolute Gasteiger partial charge is 0.250 e. The van der Waals surface area contributed by atoms with Crippen molar-refractivity contribution in [2.75, 3.05) is 12.3 Å². The standard InChI is InChI=1S/C18H18N4O4S3/c23-15(8-10-20-29(25,26)17-7-3-11-27-17)21-22-16(24)12-28-14-6-1-4-13-5-2-9-19-18(13)14/h1-7,9,11,20H,8,10,12H2,(H,21,23)(H,22,24). The lowest BCUT2D eigenvalue weighted by atomic mass is 10.2. The molecule has 0 aliphatic carbocycles. The molecule has 0 aliphatic rings. The van der Waals surface area contributed by atoms with Crippen LogP contribution in [0.15, 0.2) is 63.1 Å². The van der Waals surface area contributed by atoms with Gasteiger partial charge in [0.15, 0.2) is 0 Å². The molecule has 1 aromatic carbocycles. The van der Waals surface area contributed by atoms with Crippen molar-refractivity contribution in [1.29, 1.82) is 0 Å². The average molecular weight is 451 g/mol. The fraction of sp³-hybridized carbons (Fsp3) is 0.167. The van der Waals surface area contributed by atoms with Crippen LogP contribution in [-0.2, 0) is 19.6 Å². The van der Waals surface area contributed by atoms with Crippen LogP contribution in [0.5, 0.6) is 0 Å². The molecule has 3 N–H and O–H groups in total. The minimum atomic E-state index is -3.61. The summed E-state index contributed by atoms with van der Waals surface area (Å²) in [6, 6.07) is 12.6. The fourth-order valence-corrected chi connectivity index (χ4v) is 5.27. The second-order valence-corrected chi connectivity index (χ2v) is 9.75. The molecule has 2 heterocycles. The van der Waals surface area contributed by atoms with E-state index in [1.165, 1.54) is 17.8 Å². The molecule has 0 atom stereocenters. The van der Waals surface area contributed by atoms with Crippen molar-refractivity contribution in [2.24, 2.45) is 0 Å². The molecule has 0 bridgehead atoms. The molecule has 0 saturated carbocycles. The number of fused-ring (bicyclic) bond motifs is 1. The Morgan fingerprint density at radius 3 is 2.62 bits per heavy atom.